The van der Waals surface area contributed by atoms with E-state index >= 15 is 0 Å². The monoisotopic (exact) mass is 256 g/mol. The predicted molar refractivity (Wildman–Crippen MR) is 68.1 cm³/mol. The summed E-state index contributed by atoms with van der Waals surface area (Å²) in [5.41, 5.74) is 1.03. The van der Waals surface area contributed by atoms with Crippen LogP contribution in [0, 0.1) is 0 Å². The first kappa shape index (κ1) is 13.0. The third kappa shape index (κ3) is 4.35. The first-order valence-corrected chi connectivity index (χ1v) is 6.98. The van der Waals surface area contributed by atoms with Crippen molar-refractivity contribution in [3.8, 4) is 0 Å². The van der Waals surface area contributed by atoms with Gasteiger partial charge in [-0.3, -0.25) is 0 Å². The lowest BCUT2D eigenvalue weighted by molar-refractivity contribution is 0.0303. The second kappa shape index (κ2) is 6.44. The molecule has 2 rings (SSSR count). The Kier molecular flexibility index (Phi) is 4.91. The van der Waals surface area contributed by atoms with Gasteiger partial charge in [-0.25, -0.2) is 4.98 Å². The number of ether oxygens (including phenoxy) is 2. The summed E-state index contributed by atoms with van der Waals surface area (Å²) in [7, 11) is 0. The van der Waals surface area contributed by atoms with Crippen molar-refractivity contribution in [2.75, 3.05) is 13.2 Å². The van der Waals surface area contributed by atoms with Gasteiger partial charge in [-0.05, 0) is 6.42 Å². The number of aromatic nitrogens is 1. The van der Waals surface area contributed by atoms with Gasteiger partial charge in [0, 0.05) is 24.6 Å². The van der Waals surface area contributed by atoms with Crippen LogP contribution in [0.3, 0.4) is 0 Å². The van der Waals surface area contributed by atoms with E-state index in [-0.39, 0.29) is 6.10 Å². The molecule has 1 N–H and O–H groups in total. The van der Waals surface area contributed by atoms with E-state index in [4.69, 9.17) is 9.47 Å². The summed E-state index contributed by atoms with van der Waals surface area (Å²) >= 11 is 1.69. The van der Waals surface area contributed by atoms with E-state index in [0.717, 1.165) is 36.9 Å². The Hall–Kier alpha value is -0.490. The fraction of sp³-hybridized carbons (Fsp3) is 0.750. The van der Waals surface area contributed by atoms with Crippen LogP contribution in [-0.2, 0) is 22.6 Å². The van der Waals surface area contributed by atoms with Gasteiger partial charge in [-0.1, -0.05) is 13.8 Å². The Labute approximate surface area is 106 Å². The van der Waals surface area contributed by atoms with Gasteiger partial charge in [-0.2, -0.15) is 0 Å². The Balaban J connectivity index is 1.73. The van der Waals surface area contributed by atoms with Crippen LogP contribution in [0.1, 0.15) is 31.0 Å². The highest BCUT2D eigenvalue weighted by atomic mass is 32.1. The molecule has 96 valence electrons. The van der Waals surface area contributed by atoms with Crippen LogP contribution in [0.25, 0.3) is 0 Å². The molecule has 17 heavy (non-hydrogen) atoms. The van der Waals surface area contributed by atoms with E-state index in [9.17, 15) is 0 Å². The second-order valence-corrected chi connectivity index (χ2v) is 5.51. The summed E-state index contributed by atoms with van der Waals surface area (Å²) < 4.78 is 11.0. The van der Waals surface area contributed by atoms with Gasteiger partial charge in [0.15, 0.2) is 0 Å². The van der Waals surface area contributed by atoms with Crippen molar-refractivity contribution in [1.82, 2.24) is 10.3 Å². The highest BCUT2D eigenvalue weighted by Crippen LogP contribution is 2.14. The molecule has 0 spiro atoms. The van der Waals surface area contributed by atoms with Gasteiger partial charge >= 0.3 is 0 Å². The van der Waals surface area contributed by atoms with Gasteiger partial charge in [0.2, 0.25) is 0 Å². The van der Waals surface area contributed by atoms with Crippen LogP contribution in [0.4, 0.5) is 0 Å². The van der Waals surface area contributed by atoms with Gasteiger partial charge in [-0.15, -0.1) is 11.3 Å². The molecule has 4 nitrogen and oxygen atoms in total. The van der Waals surface area contributed by atoms with Crippen molar-refractivity contribution in [1.29, 1.82) is 0 Å². The molecule has 1 aliphatic heterocycles. The number of nitrogens with one attached hydrogen (secondary N) is 1. The number of thiazole rings is 1. The van der Waals surface area contributed by atoms with Crippen molar-refractivity contribution >= 4 is 11.3 Å². The van der Waals surface area contributed by atoms with E-state index in [1.165, 1.54) is 0 Å². The number of rotatable bonds is 6. The number of hydrogen-bond acceptors (Lipinski definition) is 5. The quantitative estimate of drug-likeness (QED) is 0.845. The summed E-state index contributed by atoms with van der Waals surface area (Å²) in [5, 5.41) is 6.56. The molecule has 0 bridgehead atoms. The fourth-order valence-electron chi connectivity index (χ4n) is 1.64. The van der Waals surface area contributed by atoms with E-state index in [0.29, 0.717) is 12.6 Å². The summed E-state index contributed by atoms with van der Waals surface area (Å²) in [5.74, 6) is 0. The molecule has 1 aromatic rings. The molecule has 5 heteroatoms. The SMILES string of the molecule is CC(C)NCc1nc(COC2CCOC2)cs1. The lowest BCUT2D eigenvalue weighted by Gasteiger charge is -2.07. The summed E-state index contributed by atoms with van der Waals surface area (Å²) in [4.78, 5) is 4.53. The molecule has 1 aliphatic rings. The molecule has 1 atom stereocenters. The summed E-state index contributed by atoms with van der Waals surface area (Å²) in [6.07, 6.45) is 1.26. The van der Waals surface area contributed by atoms with Crippen LogP contribution < -0.4 is 5.32 Å². The molecule has 0 radical (unpaired) electrons. The lowest BCUT2D eigenvalue weighted by Crippen LogP contribution is -2.21. The van der Waals surface area contributed by atoms with Crippen molar-refractivity contribution in [3.05, 3.63) is 16.1 Å². The maximum absolute atomic E-state index is 5.73. The summed E-state index contributed by atoms with van der Waals surface area (Å²) in [6.45, 7) is 7.27. The Morgan fingerprint density at radius 3 is 3.24 bits per heavy atom. The zero-order valence-electron chi connectivity index (χ0n) is 10.4. The van der Waals surface area contributed by atoms with E-state index in [1.807, 2.05) is 0 Å². The van der Waals surface area contributed by atoms with Crippen LogP contribution in [-0.4, -0.2) is 30.3 Å². The molecule has 0 amide bonds. The topological polar surface area (TPSA) is 43.4 Å². The Bertz CT molecular complexity index is 335. The van der Waals surface area contributed by atoms with E-state index in [2.05, 4.69) is 29.5 Å². The molecule has 1 unspecified atom stereocenters. The fourth-order valence-corrected chi connectivity index (χ4v) is 2.36. The maximum atomic E-state index is 5.73. The smallest absolute Gasteiger partial charge is 0.107 e. The lowest BCUT2D eigenvalue weighted by atomic mass is 10.3. The molecular weight excluding hydrogens is 236 g/mol. The van der Waals surface area contributed by atoms with Crippen molar-refractivity contribution in [3.63, 3.8) is 0 Å². The minimum absolute atomic E-state index is 0.258. The van der Waals surface area contributed by atoms with Crippen LogP contribution in [0.15, 0.2) is 5.38 Å². The second-order valence-electron chi connectivity index (χ2n) is 4.56. The number of nitrogens with zero attached hydrogens (tertiary/aromatic N) is 1. The van der Waals surface area contributed by atoms with Gasteiger partial charge in [0.25, 0.3) is 0 Å². The molecule has 0 saturated carbocycles. The molecule has 2 heterocycles. The van der Waals surface area contributed by atoms with Crippen molar-refractivity contribution in [2.45, 2.75) is 45.6 Å². The predicted octanol–water partition coefficient (Wildman–Crippen LogP) is 1.95. The van der Waals surface area contributed by atoms with Crippen molar-refractivity contribution in [2.24, 2.45) is 0 Å². The first-order valence-electron chi connectivity index (χ1n) is 6.10. The van der Waals surface area contributed by atoms with Crippen LogP contribution >= 0.6 is 11.3 Å². The highest BCUT2D eigenvalue weighted by molar-refractivity contribution is 7.09. The van der Waals surface area contributed by atoms with Crippen LogP contribution in [0.2, 0.25) is 0 Å². The highest BCUT2D eigenvalue weighted by Gasteiger charge is 2.16. The maximum Gasteiger partial charge on any atom is 0.107 e. The van der Waals surface area contributed by atoms with Gasteiger partial charge in [0.05, 0.1) is 25.0 Å². The van der Waals surface area contributed by atoms with E-state index < -0.39 is 0 Å². The molecule has 0 aromatic carbocycles. The average Bonchev–Trinajstić information content (AvgIpc) is 2.95. The normalized spacial score (nSPS) is 20.3. The molecule has 1 aromatic heterocycles. The molecule has 0 aliphatic carbocycles. The minimum Gasteiger partial charge on any atom is -0.379 e. The third-order valence-corrected chi connectivity index (χ3v) is 3.51. The Morgan fingerprint density at radius 1 is 1.65 bits per heavy atom. The van der Waals surface area contributed by atoms with Crippen molar-refractivity contribution < 1.29 is 9.47 Å². The standard InChI is InChI=1S/C12H20N2O2S/c1-9(2)13-5-12-14-10(8-17-12)6-16-11-3-4-15-7-11/h8-9,11,13H,3-7H2,1-2H3. The third-order valence-electron chi connectivity index (χ3n) is 2.62. The largest absolute Gasteiger partial charge is 0.379 e. The van der Waals surface area contributed by atoms with Gasteiger partial charge < -0.3 is 14.8 Å². The Morgan fingerprint density at radius 2 is 2.53 bits per heavy atom. The molecule has 1 fully saturated rings. The molecular formula is C12H20N2O2S. The van der Waals surface area contributed by atoms with Crippen LogP contribution in [0.5, 0.6) is 0 Å². The zero-order valence-corrected chi connectivity index (χ0v) is 11.3. The van der Waals surface area contributed by atoms with Gasteiger partial charge in [0.1, 0.15) is 5.01 Å². The average molecular weight is 256 g/mol. The number of hydrogen-bond donors (Lipinski definition) is 1. The summed E-state index contributed by atoms with van der Waals surface area (Å²) in [6, 6.07) is 0.495. The molecule has 1 saturated heterocycles. The minimum atomic E-state index is 0.258. The zero-order chi connectivity index (χ0) is 12.1. The first-order chi connectivity index (χ1) is 8.24. The van der Waals surface area contributed by atoms with E-state index in [1.54, 1.807) is 11.3 Å².